The molecular formula is C13H19NO4S. The molecule has 0 aromatic heterocycles. The van der Waals surface area contributed by atoms with Gasteiger partial charge >= 0.3 is 5.97 Å². The number of nitrogens with zero attached hydrogens (tertiary/aromatic N) is 1. The largest absolute Gasteiger partial charge is 0.478 e. The van der Waals surface area contributed by atoms with Crippen molar-refractivity contribution in [1.82, 2.24) is 4.31 Å². The maximum absolute atomic E-state index is 13.3. The van der Waals surface area contributed by atoms with Gasteiger partial charge in [-0.05, 0) is 37.0 Å². The SMILES string of the molecule is [2H]C([2H])([2H])C([2H])([2H])C([2H])([2H])N(C([2H])([2H])C([2H])([2H])C([2H])([2H])[2H])S(=O)(=O)c1ccc(C(=O)O)cc1. The smallest absolute Gasteiger partial charge is 0.335 e. The number of aromatic carboxylic acids is 1. The first-order valence-corrected chi connectivity index (χ1v) is 6.11. The van der Waals surface area contributed by atoms with E-state index >= 15 is 0 Å². The van der Waals surface area contributed by atoms with Crippen LogP contribution in [0.3, 0.4) is 0 Å². The van der Waals surface area contributed by atoms with Crippen LogP contribution in [0.1, 0.15) is 56.0 Å². The maximum Gasteiger partial charge on any atom is 0.335 e. The highest BCUT2D eigenvalue weighted by Crippen LogP contribution is 2.17. The van der Waals surface area contributed by atoms with Gasteiger partial charge in [-0.15, -0.1) is 0 Å². The van der Waals surface area contributed by atoms with Crippen molar-refractivity contribution in [1.29, 1.82) is 0 Å². The molecule has 0 aliphatic rings. The van der Waals surface area contributed by atoms with Crippen LogP contribution in [0.2, 0.25) is 0 Å². The lowest BCUT2D eigenvalue weighted by molar-refractivity contribution is 0.0696. The molecule has 0 unspecified atom stereocenters. The average molecular weight is 299 g/mol. The van der Waals surface area contributed by atoms with Gasteiger partial charge in [0.25, 0.3) is 0 Å². The van der Waals surface area contributed by atoms with Gasteiger partial charge < -0.3 is 5.11 Å². The van der Waals surface area contributed by atoms with Gasteiger partial charge in [0.05, 0.1) is 10.5 Å². The standard InChI is InChI=1S/C13H19NO4S/c1-3-9-14(10-4-2)19(17,18)12-7-5-11(6-8-12)13(15)16/h5-8H,3-4,9-10H2,1-2H3,(H,15,16)/i1D3,2D3,3D2,4D2,9D2,10D2. The van der Waals surface area contributed by atoms with Crippen molar-refractivity contribution in [3.05, 3.63) is 29.8 Å². The van der Waals surface area contributed by atoms with Crippen LogP contribution in [0.15, 0.2) is 29.2 Å². The van der Waals surface area contributed by atoms with Crippen molar-refractivity contribution in [2.24, 2.45) is 0 Å². The third-order valence-electron chi connectivity index (χ3n) is 1.95. The molecule has 0 spiro atoms. The summed E-state index contributed by atoms with van der Waals surface area (Å²) in [7, 11) is -5.74. The van der Waals surface area contributed by atoms with Gasteiger partial charge in [0.1, 0.15) is 0 Å². The quantitative estimate of drug-likeness (QED) is 0.837. The highest BCUT2D eigenvalue weighted by atomic mass is 32.2. The molecule has 0 saturated heterocycles. The Labute approximate surface area is 133 Å². The highest BCUT2D eigenvalue weighted by Gasteiger charge is 2.23. The van der Waals surface area contributed by atoms with Crippen LogP contribution in [-0.2, 0) is 10.0 Å². The minimum atomic E-state index is -5.74. The first kappa shape index (κ1) is 4.86. The van der Waals surface area contributed by atoms with Crippen LogP contribution in [0.5, 0.6) is 0 Å². The lowest BCUT2D eigenvalue weighted by atomic mass is 10.2. The van der Waals surface area contributed by atoms with Crippen molar-refractivity contribution < 1.29 is 37.5 Å². The topological polar surface area (TPSA) is 74.7 Å². The number of carboxylic acid groups (broad SMARTS) is 1. The van der Waals surface area contributed by atoms with Crippen LogP contribution >= 0.6 is 0 Å². The number of rotatable bonds is 7. The summed E-state index contributed by atoms with van der Waals surface area (Å²) < 4.78 is 132. The van der Waals surface area contributed by atoms with E-state index in [4.69, 9.17) is 24.3 Å². The van der Waals surface area contributed by atoms with Crippen LogP contribution in [0, 0.1) is 0 Å². The van der Waals surface area contributed by atoms with Crippen LogP contribution in [0.4, 0.5) is 0 Å². The van der Waals surface area contributed by atoms with E-state index < -0.39 is 70.2 Å². The van der Waals surface area contributed by atoms with E-state index in [1.165, 1.54) is 0 Å². The normalized spacial score (nSPS) is 27.0. The van der Waals surface area contributed by atoms with Gasteiger partial charge in [-0.2, -0.15) is 4.31 Å². The first-order valence-electron chi connectivity index (χ1n) is 11.7. The summed E-state index contributed by atoms with van der Waals surface area (Å²) in [6.45, 7) is -16.6. The molecule has 0 saturated carbocycles. The fourth-order valence-electron chi connectivity index (χ4n) is 1.12. The van der Waals surface area contributed by atoms with Crippen molar-refractivity contribution in [3.8, 4) is 0 Å². The summed E-state index contributed by atoms with van der Waals surface area (Å²) in [5.74, 6) is -1.50. The second-order valence-corrected chi connectivity index (χ2v) is 4.86. The molecule has 0 aliphatic carbocycles. The molecule has 0 fully saturated rings. The minimum Gasteiger partial charge on any atom is -0.478 e. The third kappa shape index (κ3) is 3.78. The van der Waals surface area contributed by atoms with Gasteiger partial charge in [0, 0.05) is 32.2 Å². The Balaban J connectivity index is 4.04. The molecule has 0 aliphatic heterocycles. The van der Waals surface area contributed by atoms with E-state index in [-0.39, 0.29) is 0 Å². The average Bonchev–Trinajstić information content (AvgIpc) is 2.58. The zero-order valence-electron chi connectivity index (χ0n) is 23.3. The Morgan fingerprint density at radius 2 is 1.79 bits per heavy atom. The predicted octanol–water partition coefficient (Wildman–Crippen LogP) is 2.20. The van der Waals surface area contributed by atoms with Crippen molar-refractivity contribution >= 4 is 16.0 Å². The Bertz CT molecular complexity index is 959. The number of hydrogen-bond donors (Lipinski definition) is 1. The molecular weight excluding hydrogens is 266 g/mol. The van der Waals surface area contributed by atoms with E-state index in [2.05, 4.69) is 0 Å². The van der Waals surface area contributed by atoms with Crippen molar-refractivity contribution in [2.45, 2.75) is 31.3 Å². The Morgan fingerprint density at radius 1 is 1.26 bits per heavy atom. The molecule has 1 aromatic rings. The summed E-state index contributed by atoms with van der Waals surface area (Å²) in [4.78, 5) is 9.91. The monoisotopic (exact) mass is 299 g/mol. The van der Waals surface area contributed by atoms with E-state index in [9.17, 15) is 13.2 Å². The summed E-state index contributed by atoms with van der Waals surface area (Å²) >= 11 is 0. The molecule has 19 heavy (non-hydrogen) atoms. The van der Waals surface area contributed by atoms with Gasteiger partial charge in [0.15, 0.2) is 0 Å². The van der Waals surface area contributed by atoms with Crippen LogP contribution < -0.4 is 0 Å². The van der Waals surface area contributed by atoms with Crippen LogP contribution in [-0.4, -0.2) is 36.8 Å². The molecule has 6 heteroatoms. The Kier molecular flexibility index (Phi) is 1.71. The lowest BCUT2D eigenvalue weighted by Crippen LogP contribution is -2.32. The van der Waals surface area contributed by atoms with Crippen molar-refractivity contribution in [2.75, 3.05) is 13.0 Å². The second kappa shape index (κ2) is 6.68. The van der Waals surface area contributed by atoms with Gasteiger partial charge in [-0.1, -0.05) is 13.7 Å². The Morgan fingerprint density at radius 3 is 2.21 bits per heavy atom. The summed E-state index contributed by atoms with van der Waals surface area (Å²) in [5, 5.41) is 8.93. The summed E-state index contributed by atoms with van der Waals surface area (Å²) in [5.41, 5.74) is -0.456. The fraction of sp³-hybridized carbons (Fsp3) is 0.462. The zero-order chi connectivity index (χ0) is 26.6. The molecule has 0 bridgehead atoms. The van der Waals surface area contributed by atoms with Gasteiger partial charge in [-0.25, -0.2) is 13.2 Å². The summed E-state index contributed by atoms with van der Waals surface area (Å²) in [6.07, 6.45) is -8.35. The molecule has 5 nitrogen and oxygen atoms in total. The lowest BCUT2D eigenvalue weighted by Gasteiger charge is -2.20. The van der Waals surface area contributed by atoms with Gasteiger partial charge in [0.2, 0.25) is 10.0 Å². The molecule has 1 N–H and O–H groups in total. The molecule has 0 amide bonds. The van der Waals surface area contributed by atoms with Crippen LogP contribution in [0.25, 0.3) is 0 Å². The molecule has 106 valence electrons. The Hall–Kier alpha value is -1.40. The van der Waals surface area contributed by atoms with E-state index in [0.29, 0.717) is 24.3 Å². The van der Waals surface area contributed by atoms with Crippen molar-refractivity contribution in [3.63, 3.8) is 0 Å². The van der Waals surface area contributed by atoms with E-state index in [1.54, 1.807) is 0 Å². The number of benzene rings is 1. The van der Waals surface area contributed by atoms with E-state index in [0.717, 1.165) is 0 Å². The molecule has 0 heterocycles. The maximum atomic E-state index is 13.3. The number of sulfonamides is 1. The number of carbonyl (C=O) groups is 1. The fourth-order valence-corrected chi connectivity index (χ4v) is 2.15. The number of hydrogen-bond acceptors (Lipinski definition) is 3. The first-order chi connectivity index (χ1) is 14.3. The highest BCUT2D eigenvalue weighted by molar-refractivity contribution is 7.89. The molecule has 1 aromatic carbocycles. The molecule has 0 radical (unpaired) electrons. The van der Waals surface area contributed by atoms with Gasteiger partial charge in [-0.3, -0.25) is 0 Å². The molecule has 1 rings (SSSR count). The zero-order valence-corrected chi connectivity index (χ0v) is 10.2. The van der Waals surface area contributed by atoms with E-state index in [1.807, 2.05) is 0 Å². The third-order valence-corrected chi connectivity index (χ3v) is 3.49. The minimum absolute atomic E-state index is 0.456. The summed E-state index contributed by atoms with van der Waals surface area (Å²) in [6, 6.07) is 2.51. The molecule has 0 atom stereocenters. The predicted molar refractivity (Wildman–Crippen MR) is 72.7 cm³/mol. The number of carboxylic acids is 1. The second-order valence-electron chi connectivity index (χ2n) is 3.07.